The van der Waals surface area contributed by atoms with Gasteiger partial charge in [0.2, 0.25) is 7.37 Å². The monoisotopic (exact) mass is 473 g/mol. The fourth-order valence-corrected chi connectivity index (χ4v) is 4.21. The maximum Gasteiger partial charge on any atom is 0.494 e. The van der Waals surface area contributed by atoms with Crippen LogP contribution in [0.5, 0.6) is 5.75 Å². The molecule has 0 aliphatic carbocycles. The Kier molecular flexibility index (Phi) is 7.74. The summed E-state index contributed by atoms with van der Waals surface area (Å²) < 4.78 is 36.3. The van der Waals surface area contributed by atoms with Gasteiger partial charge in [0.15, 0.2) is 0 Å². The summed E-state index contributed by atoms with van der Waals surface area (Å²) >= 11 is 0. The Balaban J connectivity index is 1.68. The number of hydrogen-bond acceptors (Lipinski definition) is 6. The van der Waals surface area contributed by atoms with Crippen molar-refractivity contribution in [2.24, 2.45) is 0 Å². The minimum Gasteiger partial charge on any atom is -0.493 e. The second kappa shape index (κ2) is 10.0. The molecule has 0 radical (unpaired) electrons. The molecule has 1 N–H and O–H groups in total. The van der Waals surface area contributed by atoms with E-state index in [2.05, 4.69) is 5.32 Å². The molecule has 1 aliphatic rings. The number of nitrogens with one attached hydrogen (secondary N) is 1. The fourth-order valence-electron chi connectivity index (χ4n) is 3.27. The van der Waals surface area contributed by atoms with Crippen LogP contribution in [0.3, 0.4) is 0 Å². The zero-order valence-corrected chi connectivity index (χ0v) is 21.1. The molecule has 1 saturated heterocycles. The van der Waals surface area contributed by atoms with Gasteiger partial charge in [0, 0.05) is 6.66 Å². The Labute approximate surface area is 196 Å². The van der Waals surface area contributed by atoms with Gasteiger partial charge in [-0.15, -0.1) is 0 Å². The standard InChI is InChI=1S/C24H33BNO6P/c1-7-29-21-15-19(25-31-23(2,3)24(4,5)32-25)13-14-20(21)22(27)26-17-33(6,28)30-16-18-11-9-8-10-12-18/h8-15H,7,16-17H2,1-6H3,(H,26,27). The van der Waals surface area contributed by atoms with E-state index < -0.39 is 25.7 Å². The summed E-state index contributed by atoms with van der Waals surface area (Å²) in [5, 5.41) is 2.72. The lowest BCUT2D eigenvalue weighted by Gasteiger charge is -2.32. The first-order chi connectivity index (χ1) is 15.4. The largest absolute Gasteiger partial charge is 0.494 e. The van der Waals surface area contributed by atoms with E-state index in [-0.39, 0.29) is 18.8 Å². The average molecular weight is 473 g/mol. The molecule has 3 rings (SSSR count). The Morgan fingerprint density at radius 2 is 1.70 bits per heavy atom. The number of benzene rings is 2. The number of amides is 1. The van der Waals surface area contributed by atoms with E-state index in [1.807, 2.05) is 65.0 Å². The van der Waals surface area contributed by atoms with Gasteiger partial charge in [-0.2, -0.15) is 0 Å². The normalized spacial score (nSPS) is 18.5. The lowest BCUT2D eigenvalue weighted by molar-refractivity contribution is 0.00578. The summed E-state index contributed by atoms with van der Waals surface area (Å²) in [5.74, 6) is 0.0302. The van der Waals surface area contributed by atoms with E-state index in [4.69, 9.17) is 18.6 Å². The topological polar surface area (TPSA) is 83.1 Å². The third-order valence-corrected chi connectivity index (χ3v) is 7.36. The number of carbonyl (C=O) groups excluding carboxylic acids is 1. The summed E-state index contributed by atoms with van der Waals surface area (Å²) in [5.41, 5.74) is 1.09. The lowest BCUT2D eigenvalue weighted by Crippen LogP contribution is -2.41. The van der Waals surface area contributed by atoms with E-state index in [1.165, 1.54) is 6.66 Å². The van der Waals surface area contributed by atoms with Crippen molar-refractivity contribution >= 4 is 25.9 Å². The molecule has 1 atom stereocenters. The molecule has 1 unspecified atom stereocenters. The minimum absolute atomic E-state index is 0.0801. The third kappa shape index (κ3) is 6.27. The number of rotatable bonds is 9. The fraction of sp³-hybridized carbons (Fsp3) is 0.458. The van der Waals surface area contributed by atoms with Crippen LogP contribution in [0.2, 0.25) is 0 Å². The van der Waals surface area contributed by atoms with Crippen molar-refractivity contribution in [2.75, 3.05) is 19.6 Å². The third-order valence-electron chi connectivity index (χ3n) is 5.95. The van der Waals surface area contributed by atoms with Crippen LogP contribution in [0.4, 0.5) is 0 Å². The van der Waals surface area contributed by atoms with Crippen LogP contribution < -0.4 is 15.5 Å². The van der Waals surface area contributed by atoms with Gasteiger partial charge in [-0.25, -0.2) is 0 Å². The Morgan fingerprint density at radius 1 is 1.06 bits per heavy atom. The molecule has 0 spiro atoms. The highest BCUT2D eigenvalue weighted by atomic mass is 31.2. The van der Waals surface area contributed by atoms with Crippen molar-refractivity contribution in [3.8, 4) is 5.75 Å². The van der Waals surface area contributed by atoms with Gasteiger partial charge in [-0.1, -0.05) is 36.4 Å². The predicted octanol–water partition coefficient (Wildman–Crippen LogP) is 4.20. The highest BCUT2D eigenvalue weighted by Gasteiger charge is 2.51. The van der Waals surface area contributed by atoms with Gasteiger partial charge in [-0.3, -0.25) is 9.36 Å². The zero-order valence-electron chi connectivity index (χ0n) is 20.2. The summed E-state index contributed by atoms with van der Waals surface area (Å²) in [7, 11) is -3.59. The van der Waals surface area contributed by atoms with Gasteiger partial charge in [0.05, 0.1) is 36.3 Å². The molecule has 178 valence electrons. The molecule has 33 heavy (non-hydrogen) atoms. The second-order valence-corrected chi connectivity index (χ2v) is 11.8. The Bertz CT molecular complexity index is 1010. The number of hydrogen-bond donors (Lipinski definition) is 1. The van der Waals surface area contributed by atoms with Crippen molar-refractivity contribution in [3.05, 3.63) is 59.7 Å². The van der Waals surface area contributed by atoms with Gasteiger partial charge >= 0.3 is 7.12 Å². The van der Waals surface area contributed by atoms with E-state index in [0.29, 0.717) is 17.9 Å². The summed E-state index contributed by atoms with van der Waals surface area (Å²) in [6, 6.07) is 14.7. The molecule has 0 bridgehead atoms. The van der Waals surface area contributed by atoms with Crippen molar-refractivity contribution in [1.29, 1.82) is 0 Å². The van der Waals surface area contributed by atoms with E-state index in [1.54, 1.807) is 18.2 Å². The predicted molar refractivity (Wildman–Crippen MR) is 130 cm³/mol. The molecule has 1 amide bonds. The first kappa shape index (κ1) is 25.5. The van der Waals surface area contributed by atoms with E-state index >= 15 is 0 Å². The molecular formula is C24H33BNO6P. The molecule has 2 aromatic carbocycles. The minimum atomic E-state index is -3.03. The van der Waals surface area contributed by atoms with E-state index in [9.17, 15) is 9.36 Å². The van der Waals surface area contributed by atoms with Gasteiger partial charge in [0.1, 0.15) is 5.75 Å². The molecule has 0 saturated carbocycles. The van der Waals surface area contributed by atoms with Crippen LogP contribution in [0, 0.1) is 0 Å². The average Bonchev–Trinajstić information content (AvgIpc) is 2.99. The first-order valence-corrected chi connectivity index (χ1v) is 13.4. The van der Waals surface area contributed by atoms with Gasteiger partial charge < -0.3 is 23.9 Å². The van der Waals surface area contributed by atoms with Crippen molar-refractivity contribution in [3.63, 3.8) is 0 Å². The van der Waals surface area contributed by atoms with Crippen molar-refractivity contribution < 1.29 is 27.9 Å². The van der Waals surface area contributed by atoms with Crippen LogP contribution in [0.1, 0.15) is 50.5 Å². The molecule has 1 heterocycles. The Hall–Kier alpha value is -2.12. The lowest BCUT2D eigenvalue weighted by atomic mass is 9.78. The van der Waals surface area contributed by atoms with Crippen LogP contribution in [0.15, 0.2) is 48.5 Å². The molecule has 2 aromatic rings. The van der Waals surface area contributed by atoms with Crippen LogP contribution in [0.25, 0.3) is 0 Å². The first-order valence-electron chi connectivity index (χ1n) is 11.1. The van der Waals surface area contributed by atoms with Gasteiger partial charge in [0.25, 0.3) is 5.91 Å². The summed E-state index contributed by atoms with van der Waals surface area (Å²) in [6.45, 7) is 11.9. The zero-order chi connectivity index (χ0) is 24.3. The smallest absolute Gasteiger partial charge is 0.493 e. The quantitative estimate of drug-likeness (QED) is 0.435. The van der Waals surface area contributed by atoms with Crippen LogP contribution in [-0.2, 0) is 25.0 Å². The Morgan fingerprint density at radius 3 is 2.30 bits per heavy atom. The van der Waals surface area contributed by atoms with Crippen LogP contribution >= 0.6 is 7.37 Å². The summed E-state index contributed by atoms with van der Waals surface area (Å²) in [4.78, 5) is 12.9. The van der Waals surface area contributed by atoms with Crippen molar-refractivity contribution in [1.82, 2.24) is 5.32 Å². The molecular weight excluding hydrogens is 440 g/mol. The SMILES string of the molecule is CCOc1cc(B2OC(C)(C)C(C)(C)O2)ccc1C(=O)NCP(C)(=O)OCc1ccccc1. The molecule has 9 heteroatoms. The highest BCUT2D eigenvalue weighted by Crippen LogP contribution is 2.42. The molecule has 1 fully saturated rings. The number of ether oxygens (including phenoxy) is 1. The maximum absolute atomic E-state index is 12.9. The van der Waals surface area contributed by atoms with E-state index in [0.717, 1.165) is 11.0 Å². The summed E-state index contributed by atoms with van der Waals surface area (Å²) in [6.07, 6.45) is -0.0801. The second-order valence-electron chi connectivity index (χ2n) is 9.21. The molecule has 1 aliphatic heterocycles. The van der Waals surface area contributed by atoms with Crippen molar-refractivity contribution in [2.45, 2.75) is 52.4 Å². The van der Waals surface area contributed by atoms with Crippen LogP contribution in [-0.4, -0.2) is 43.8 Å². The number of carbonyl (C=O) groups is 1. The maximum atomic E-state index is 12.9. The molecule has 7 nitrogen and oxygen atoms in total. The molecule has 0 aromatic heterocycles. The van der Waals surface area contributed by atoms with Gasteiger partial charge in [-0.05, 0) is 57.8 Å². The highest BCUT2D eigenvalue weighted by molar-refractivity contribution is 7.58.